The molecule has 0 bridgehead atoms. The minimum Gasteiger partial charge on any atom is -0.508 e. The number of hydrogen-bond acceptors (Lipinski definition) is 4. The van der Waals surface area contributed by atoms with Gasteiger partial charge in [-0.1, -0.05) is 6.07 Å². The molecule has 0 saturated carbocycles. The summed E-state index contributed by atoms with van der Waals surface area (Å²) < 4.78 is 5.11. The van der Waals surface area contributed by atoms with Gasteiger partial charge in [0.25, 0.3) is 0 Å². The van der Waals surface area contributed by atoms with E-state index in [2.05, 4.69) is 0 Å². The van der Waals surface area contributed by atoms with Crippen molar-refractivity contribution in [2.45, 2.75) is 10.6 Å². The van der Waals surface area contributed by atoms with Crippen LogP contribution in [-0.4, -0.2) is 16.2 Å². The van der Waals surface area contributed by atoms with Crippen LogP contribution in [0.25, 0.3) is 0 Å². The third-order valence-corrected chi connectivity index (χ3v) is 3.12. The summed E-state index contributed by atoms with van der Waals surface area (Å²) in [6.07, 6.45) is 1.22. The predicted octanol–water partition coefficient (Wildman–Crippen LogP) is 2.98. The van der Waals surface area contributed by atoms with E-state index in [4.69, 9.17) is 9.52 Å². The van der Waals surface area contributed by atoms with Crippen LogP contribution in [0.4, 0.5) is 0 Å². The second-order valence-corrected chi connectivity index (χ2v) is 4.44. The smallest absolute Gasteiger partial charge is 0.338 e. The third-order valence-electron chi connectivity index (χ3n) is 2.10. The zero-order valence-electron chi connectivity index (χ0n) is 8.79. The Balaban J connectivity index is 2.00. The average Bonchev–Trinajstić information content (AvgIpc) is 2.75. The Hall–Kier alpha value is -1.88. The zero-order valence-corrected chi connectivity index (χ0v) is 9.61. The molecule has 0 unspecified atom stereocenters. The number of aromatic carboxylic acids is 1. The molecule has 0 aliphatic rings. The molecule has 17 heavy (non-hydrogen) atoms. The summed E-state index contributed by atoms with van der Waals surface area (Å²) in [4.78, 5) is 11.5. The quantitative estimate of drug-likeness (QED) is 0.816. The van der Waals surface area contributed by atoms with E-state index in [1.807, 2.05) is 6.07 Å². The largest absolute Gasteiger partial charge is 0.508 e. The van der Waals surface area contributed by atoms with Crippen LogP contribution in [0.1, 0.15) is 16.1 Å². The fraction of sp³-hybridized carbons (Fsp3) is 0.0833. The summed E-state index contributed by atoms with van der Waals surface area (Å²) in [5.41, 5.74) is 0.150. The maximum absolute atomic E-state index is 10.6. The highest BCUT2D eigenvalue weighted by molar-refractivity contribution is 7.98. The number of hydrogen-bond donors (Lipinski definition) is 2. The van der Waals surface area contributed by atoms with Gasteiger partial charge in [0.2, 0.25) is 0 Å². The molecule has 0 atom stereocenters. The third kappa shape index (κ3) is 3.04. The highest BCUT2D eigenvalue weighted by atomic mass is 32.2. The number of phenolic OH excluding ortho intramolecular Hbond substituents is 1. The summed E-state index contributed by atoms with van der Waals surface area (Å²) in [7, 11) is 0. The lowest BCUT2D eigenvalue weighted by molar-refractivity contribution is 0.0696. The molecule has 0 aliphatic carbocycles. The number of carboxylic acid groups (broad SMARTS) is 1. The number of carbonyl (C=O) groups is 1. The molecule has 0 fully saturated rings. The summed E-state index contributed by atoms with van der Waals surface area (Å²) in [6.45, 7) is 0. The molecule has 2 aromatic rings. The minimum atomic E-state index is -0.998. The van der Waals surface area contributed by atoms with Crippen LogP contribution in [0.2, 0.25) is 0 Å². The van der Waals surface area contributed by atoms with Gasteiger partial charge in [-0.05, 0) is 24.3 Å². The van der Waals surface area contributed by atoms with Crippen molar-refractivity contribution in [2.75, 3.05) is 0 Å². The normalized spacial score (nSPS) is 10.4. The lowest BCUT2D eigenvalue weighted by Gasteiger charge is -1.99. The first-order chi connectivity index (χ1) is 8.15. The molecule has 0 spiro atoms. The summed E-state index contributed by atoms with van der Waals surface area (Å²) >= 11 is 1.47. The molecule has 4 nitrogen and oxygen atoms in total. The Morgan fingerprint density at radius 3 is 2.82 bits per heavy atom. The van der Waals surface area contributed by atoms with Crippen molar-refractivity contribution >= 4 is 17.7 Å². The monoisotopic (exact) mass is 250 g/mol. The first kappa shape index (κ1) is 11.6. The second-order valence-electron chi connectivity index (χ2n) is 3.39. The Morgan fingerprint density at radius 2 is 2.18 bits per heavy atom. The van der Waals surface area contributed by atoms with Gasteiger partial charge in [0.1, 0.15) is 17.8 Å². The fourth-order valence-corrected chi connectivity index (χ4v) is 2.14. The summed E-state index contributed by atoms with van der Waals surface area (Å²) in [6, 6.07) is 8.36. The molecule has 88 valence electrons. The Kier molecular flexibility index (Phi) is 3.39. The van der Waals surface area contributed by atoms with Crippen molar-refractivity contribution in [1.29, 1.82) is 0 Å². The van der Waals surface area contributed by atoms with E-state index < -0.39 is 5.97 Å². The molecule has 1 aromatic carbocycles. The van der Waals surface area contributed by atoms with Crippen molar-refractivity contribution in [3.05, 3.63) is 47.9 Å². The molecule has 2 N–H and O–H groups in total. The van der Waals surface area contributed by atoms with Crippen molar-refractivity contribution < 1.29 is 19.4 Å². The molecule has 2 rings (SSSR count). The van der Waals surface area contributed by atoms with E-state index in [1.54, 1.807) is 18.2 Å². The number of rotatable bonds is 4. The van der Waals surface area contributed by atoms with Crippen LogP contribution in [0.15, 0.2) is 45.9 Å². The van der Waals surface area contributed by atoms with Crippen LogP contribution in [-0.2, 0) is 5.75 Å². The van der Waals surface area contributed by atoms with E-state index in [0.717, 1.165) is 4.90 Å². The first-order valence-electron chi connectivity index (χ1n) is 4.87. The summed E-state index contributed by atoms with van der Waals surface area (Å²) in [5.74, 6) is 0.329. The van der Waals surface area contributed by atoms with Crippen molar-refractivity contribution in [3.8, 4) is 5.75 Å². The number of phenols is 1. The molecule has 5 heteroatoms. The van der Waals surface area contributed by atoms with Gasteiger partial charge in [0.15, 0.2) is 0 Å². The van der Waals surface area contributed by atoms with Crippen molar-refractivity contribution in [3.63, 3.8) is 0 Å². The number of furan rings is 1. The SMILES string of the molecule is O=C(O)c1coc(CSc2cccc(O)c2)c1. The molecule has 0 saturated heterocycles. The average molecular weight is 250 g/mol. The lowest BCUT2D eigenvalue weighted by atomic mass is 10.3. The summed E-state index contributed by atoms with van der Waals surface area (Å²) in [5, 5.41) is 18.0. The second kappa shape index (κ2) is 4.97. The van der Waals surface area contributed by atoms with Crippen LogP contribution < -0.4 is 0 Å². The van der Waals surface area contributed by atoms with Crippen LogP contribution >= 0.6 is 11.8 Å². The van der Waals surface area contributed by atoms with Gasteiger partial charge < -0.3 is 14.6 Å². The van der Waals surface area contributed by atoms with Gasteiger partial charge in [-0.3, -0.25) is 0 Å². The van der Waals surface area contributed by atoms with Crippen LogP contribution in [0, 0.1) is 0 Å². The Labute approximate surface area is 102 Å². The van der Waals surface area contributed by atoms with Gasteiger partial charge in [-0.25, -0.2) is 4.79 Å². The Morgan fingerprint density at radius 1 is 1.35 bits per heavy atom. The molecular weight excluding hydrogens is 240 g/mol. The topological polar surface area (TPSA) is 70.7 Å². The zero-order chi connectivity index (χ0) is 12.3. The van der Waals surface area contributed by atoms with Gasteiger partial charge in [0.05, 0.1) is 11.3 Å². The number of thioether (sulfide) groups is 1. The van der Waals surface area contributed by atoms with E-state index in [0.29, 0.717) is 11.5 Å². The fourth-order valence-electron chi connectivity index (χ4n) is 1.30. The molecule has 0 aliphatic heterocycles. The predicted molar refractivity (Wildman–Crippen MR) is 63.3 cm³/mol. The maximum Gasteiger partial charge on any atom is 0.338 e. The van der Waals surface area contributed by atoms with Gasteiger partial charge in [-0.15, -0.1) is 11.8 Å². The standard InChI is InChI=1S/C12H10O4S/c13-9-2-1-3-11(5-9)17-7-10-4-8(6-16-10)12(14)15/h1-6,13H,7H2,(H,14,15). The Bertz CT molecular complexity index is 533. The first-order valence-corrected chi connectivity index (χ1v) is 5.86. The number of carboxylic acids is 1. The number of benzene rings is 1. The molecular formula is C12H10O4S. The highest BCUT2D eigenvalue weighted by Gasteiger charge is 2.08. The van der Waals surface area contributed by atoms with E-state index in [9.17, 15) is 9.90 Å². The molecule has 0 amide bonds. The van der Waals surface area contributed by atoms with Gasteiger partial charge in [-0.2, -0.15) is 0 Å². The highest BCUT2D eigenvalue weighted by Crippen LogP contribution is 2.26. The molecule has 0 radical (unpaired) electrons. The van der Waals surface area contributed by atoms with Crippen LogP contribution in [0.5, 0.6) is 5.75 Å². The molecule has 1 heterocycles. The van der Waals surface area contributed by atoms with E-state index in [-0.39, 0.29) is 11.3 Å². The lowest BCUT2D eigenvalue weighted by Crippen LogP contribution is -1.91. The molecule has 1 aromatic heterocycles. The van der Waals surface area contributed by atoms with Crippen LogP contribution in [0.3, 0.4) is 0 Å². The maximum atomic E-state index is 10.6. The van der Waals surface area contributed by atoms with Gasteiger partial charge in [0, 0.05) is 4.90 Å². The van der Waals surface area contributed by atoms with Crippen molar-refractivity contribution in [1.82, 2.24) is 0 Å². The minimum absolute atomic E-state index is 0.150. The van der Waals surface area contributed by atoms with E-state index >= 15 is 0 Å². The van der Waals surface area contributed by atoms with Gasteiger partial charge >= 0.3 is 5.97 Å². The van der Waals surface area contributed by atoms with Crippen molar-refractivity contribution in [2.24, 2.45) is 0 Å². The van der Waals surface area contributed by atoms with E-state index in [1.165, 1.54) is 24.1 Å². The number of aromatic hydroxyl groups is 1.